The maximum absolute atomic E-state index is 11.3. The number of benzene rings is 1. The van der Waals surface area contributed by atoms with Crippen molar-refractivity contribution in [3.63, 3.8) is 0 Å². The van der Waals surface area contributed by atoms with Gasteiger partial charge in [0.1, 0.15) is 0 Å². The Labute approximate surface area is 96.2 Å². The summed E-state index contributed by atoms with van der Waals surface area (Å²) < 4.78 is 0. The molecule has 3 nitrogen and oxygen atoms in total. The molecule has 2 N–H and O–H groups in total. The highest BCUT2D eigenvalue weighted by Gasteiger charge is 2.32. The molecule has 1 saturated heterocycles. The first kappa shape index (κ1) is 11.1. The molecule has 1 aliphatic heterocycles. The zero-order valence-electron chi connectivity index (χ0n) is 9.60. The molecule has 0 aliphatic carbocycles. The van der Waals surface area contributed by atoms with Gasteiger partial charge in [0.15, 0.2) is 0 Å². The lowest BCUT2D eigenvalue weighted by Crippen LogP contribution is -2.41. The van der Waals surface area contributed by atoms with Gasteiger partial charge in [-0.15, -0.1) is 0 Å². The van der Waals surface area contributed by atoms with Crippen molar-refractivity contribution in [2.75, 3.05) is 6.54 Å². The summed E-state index contributed by atoms with van der Waals surface area (Å²) in [5, 5.41) is 0. The van der Waals surface area contributed by atoms with Crippen molar-refractivity contribution in [3.8, 4) is 0 Å². The molecule has 16 heavy (non-hydrogen) atoms. The number of hydrogen-bond donors (Lipinski definition) is 1. The summed E-state index contributed by atoms with van der Waals surface area (Å²) >= 11 is 0. The molecule has 2 rings (SSSR count). The van der Waals surface area contributed by atoms with E-state index in [4.69, 9.17) is 5.73 Å². The number of carbonyl (C=O) groups is 1. The molecule has 0 aromatic heterocycles. The molecule has 0 saturated carbocycles. The molecular weight excluding hydrogens is 200 g/mol. The van der Waals surface area contributed by atoms with Gasteiger partial charge in [-0.3, -0.25) is 9.69 Å². The van der Waals surface area contributed by atoms with Gasteiger partial charge in [-0.2, -0.15) is 0 Å². The summed E-state index contributed by atoms with van der Waals surface area (Å²) in [6, 6.07) is 10.4. The molecule has 1 heterocycles. The Kier molecular flexibility index (Phi) is 3.25. The second-order valence-electron chi connectivity index (χ2n) is 4.38. The van der Waals surface area contributed by atoms with Crippen LogP contribution in [-0.4, -0.2) is 23.4 Å². The minimum Gasteiger partial charge on any atom is -0.368 e. The lowest BCUT2D eigenvalue weighted by Gasteiger charge is -2.29. The molecule has 1 fully saturated rings. The SMILES string of the molecule is C[C@@H](c1ccccc1)N1CCC[C@H]1C(N)=O. The van der Waals surface area contributed by atoms with E-state index in [1.54, 1.807) is 0 Å². The first-order chi connectivity index (χ1) is 7.70. The van der Waals surface area contributed by atoms with Gasteiger partial charge >= 0.3 is 0 Å². The predicted octanol–water partition coefficient (Wildman–Crippen LogP) is 1.70. The number of nitrogens with two attached hydrogens (primary N) is 1. The van der Waals surface area contributed by atoms with Gasteiger partial charge in [0.05, 0.1) is 6.04 Å². The maximum Gasteiger partial charge on any atom is 0.234 e. The number of amides is 1. The third kappa shape index (κ3) is 2.09. The largest absolute Gasteiger partial charge is 0.368 e. The van der Waals surface area contributed by atoms with E-state index in [-0.39, 0.29) is 18.0 Å². The Bertz CT molecular complexity index is 363. The van der Waals surface area contributed by atoms with Crippen LogP contribution >= 0.6 is 0 Å². The van der Waals surface area contributed by atoms with Crippen LogP contribution in [0.4, 0.5) is 0 Å². The van der Waals surface area contributed by atoms with Crippen LogP contribution in [-0.2, 0) is 4.79 Å². The van der Waals surface area contributed by atoms with E-state index in [1.165, 1.54) is 5.56 Å². The van der Waals surface area contributed by atoms with Gasteiger partial charge in [-0.05, 0) is 31.9 Å². The summed E-state index contributed by atoms with van der Waals surface area (Å²) in [6.07, 6.45) is 1.96. The van der Waals surface area contributed by atoms with E-state index in [9.17, 15) is 4.79 Å². The minimum absolute atomic E-state index is 0.0878. The third-order valence-electron chi connectivity index (χ3n) is 3.40. The topological polar surface area (TPSA) is 46.3 Å². The summed E-state index contributed by atoms with van der Waals surface area (Å²) in [4.78, 5) is 13.5. The van der Waals surface area contributed by atoms with Crippen LogP contribution in [0.25, 0.3) is 0 Å². The minimum atomic E-state index is -0.194. The lowest BCUT2D eigenvalue weighted by molar-refractivity contribution is -0.122. The lowest BCUT2D eigenvalue weighted by atomic mass is 10.1. The van der Waals surface area contributed by atoms with Gasteiger partial charge in [0.25, 0.3) is 0 Å². The van der Waals surface area contributed by atoms with Crippen LogP contribution in [0.15, 0.2) is 30.3 Å². The number of carbonyl (C=O) groups excluding carboxylic acids is 1. The number of primary amides is 1. The quantitative estimate of drug-likeness (QED) is 0.839. The number of rotatable bonds is 3. The second kappa shape index (κ2) is 4.66. The first-order valence-corrected chi connectivity index (χ1v) is 5.80. The first-order valence-electron chi connectivity index (χ1n) is 5.80. The summed E-state index contributed by atoms with van der Waals surface area (Å²) in [5.41, 5.74) is 6.67. The fourth-order valence-electron chi connectivity index (χ4n) is 2.48. The molecule has 1 amide bonds. The average molecular weight is 218 g/mol. The van der Waals surface area contributed by atoms with Crippen LogP contribution < -0.4 is 5.73 Å². The van der Waals surface area contributed by atoms with Crippen LogP contribution in [0.5, 0.6) is 0 Å². The highest BCUT2D eigenvalue weighted by molar-refractivity contribution is 5.80. The van der Waals surface area contributed by atoms with E-state index in [0.717, 1.165) is 19.4 Å². The van der Waals surface area contributed by atoms with Gasteiger partial charge in [0, 0.05) is 6.04 Å². The van der Waals surface area contributed by atoms with Crippen LogP contribution in [0, 0.1) is 0 Å². The Morgan fingerprint density at radius 2 is 2.12 bits per heavy atom. The van der Waals surface area contributed by atoms with Crippen molar-refractivity contribution >= 4 is 5.91 Å². The van der Waals surface area contributed by atoms with Crippen LogP contribution in [0.2, 0.25) is 0 Å². The van der Waals surface area contributed by atoms with Crippen molar-refractivity contribution in [2.45, 2.75) is 31.8 Å². The van der Waals surface area contributed by atoms with E-state index in [0.29, 0.717) is 0 Å². The van der Waals surface area contributed by atoms with Crippen molar-refractivity contribution in [1.82, 2.24) is 4.90 Å². The fourth-order valence-corrected chi connectivity index (χ4v) is 2.48. The van der Waals surface area contributed by atoms with Gasteiger partial charge in [-0.25, -0.2) is 0 Å². The molecule has 0 spiro atoms. The molecule has 1 aromatic rings. The van der Waals surface area contributed by atoms with E-state index in [1.807, 2.05) is 18.2 Å². The smallest absolute Gasteiger partial charge is 0.234 e. The second-order valence-corrected chi connectivity index (χ2v) is 4.38. The van der Waals surface area contributed by atoms with Crippen LogP contribution in [0.3, 0.4) is 0 Å². The number of likely N-dealkylation sites (tertiary alicyclic amines) is 1. The molecule has 0 unspecified atom stereocenters. The van der Waals surface area contributed by atoms with Gasteiger partial charge in [-0.1, -0.05) is 30.3 Å². The molecule has 3 heteroatoms. The Hall–Kier alpha value is -1.35. The zero-order chi connectivity index (χ0) is 11.5. The van der Waals surface area contributed by atoms with Crippen LogP contribution in [0.1, 0.15) is 31.4 Å². The maximum atomic E-state index is 11.3. The molecule has 86 valence electrons. The predicted molar refractivity (Wildman–Crippen MR) is 63.8 cm³/mol. The molecule has 1 aromatic carbocycles. The fraction of sp³-hybridized carbons (Fsp3) is 0.462. The van der Waals surface area contributed by atoms with E-state index in [2.05, 4.69) is 24.0 Å². The summed E-state index contributed by atoms with van der Waals surface area (Å²) in [7, 11) is 0. The Morgan fingerprint density at radius 1 is 1.44 bits per heavy atom. The molecule has 1 aliphatic rings. The highest BCUT2D eigenvalue weighted by Crippen LogP contribution is 2.28. The van der Waals surface area contributed by atoms with Crippen molar-refractivity contribution < 1.29 is 4.79 Å². The summed E-state index contributed by atoms with van der Waals surface area (Å²) in [6.45, 7) is 3.10. The van der Waals surface area contributed by atoms with Crippen molar-refractivity contribution in [1.29, 1.82) is 0 Å². The Balaban J connectivity index is 2.15. The normalized spacial score (nSPS) is 23.2. The standard InChI is InChI=1S/C13H18N2O/c1-10(11-6-3-2-4-7-11)15-9-5-8-12(15)13(14)16/h2-4,6-7,10,12H,5,8-9H2,1H3,(H2,14,16)/t10-,12-/m0/s1. The Morgan fingerprint density at radius 3 is 2.75 bits per heavy atom. The molecule has 2 atom stereocenters. The van der Waals surface area contributed by atoms with E-state index < -0.39 is 0 Å². The zero-order valence-corrected chi connectivity index (χ0v) is 9.60. The number of hydrogen-bond acceptors (Lipinski definition) is 2. The number of nitrogens with zero attached hydrogens (tertiary/aromatic N) is 1. The molecule has 0 radical (unpaired) electrons. The van der Waals surface area contributed by atoms with Gasteiger partial charge < -0.3 is 5.73 Å². The molecular formula is C13H18N2O. The van der Waals surface area contributed by atoms with Crippen molar-refractivity contribution in [2.24, 2.45) is 5.73 Å². The average Bonchev–Trinajstić information content (AvgIpc) is 2.78. The van der Waals surface area contributed by atoms with Gasteiger partial charge in [0.2, 0.25) is 5.91 Å². The third-order valence-corrected chi connectivity index (χ3v) is 3.40. The monoisotopic (exact) mass is 218 g/mol. The molecule has 0 bridgehead atoms. The highest BCUT2D eigenvalue weighted by atomic mass is 16.1. The van der Waals surface area contributed by atoms with E-state index >= 15 is 0 Å². The van der Waals surface area contributed by atoms with Crippen molar-refractivity contribution in [3.05, 3.63) is 35.9 Å². The summed E-state index contributed by atoms with van der Waals surface area (Å²) in [5.74, 6) is -0.194.